The molecule has 1 aromatic rings. The minimum atomic E-state index is -0.377. The van der Waals surface area contributed by atoms with Crippen molar-refractivity contribution in [2.45, 2.75) is 37.3 Å². The fourth-order valence-corrected chi connectivity index (χ4v) is 4.62. The van der Waals surface area contributed by atoms with Gasteiger partial charge < -0.3 is 4.74 Å². The van der Waals surface area contributed by atoms with Gasteiger partial charge in [0.05, 0.1) is 24.3 Å². The number of carbonyl (C=O) groups excluding carboxylic acids is 1. The fraction of sp³-hybridized carbons (Fsp3) is 0.522. The molecule has 0 spiro atoms. The van der Waals surface area contributed by atoms with Crippen LogP contribution in [0, 0.1) is 0 Å². The molecule has 1 aliphatic carbocycles. The molecule has 1 heterocycles. The Morgan fingerprint density at radius 2 is 1.78 bits per heavy atom. The molecule has 1 aromatic carbocycles. The van der Waals surface area contributed by atoms with E-state index in [1.165, 1.54) is 5.56 Å². The first-order valence-corrected chi connectivity index (χ1v) is 9.97. The first-order chi connectivity index (χ1) is 13.0. The van der Waals surface area contributed by atoms with Crippen molar-refractivity contribution in [1.82, 2.24) is 9.80 Å². The van der Waals surface area contributed by atoms with Crippen LogP contribution in [0.1, 0.15) is 25.3 Å². The molecule has 2 atom stereocenters. The highest BCUT2D eigenvalue weighted by atomic mass is 16.5. The molecule has 146 valence electrons. The molecule has 2 unspecified atom stereocenters. The van der Waals surface area contributed by atoms with Gasteiger partial charge >= 0.3 is 0 Å². The number of allylic oxidation sites excluding steroid dienone is 2. The average Bonchev–Trinajstić information content (AvgIpc) is 2.70. The zero-order valence-electron chi connectivity index (χ0n) is 16.9. The number of likely N-dealkylation sites (N-methyl/N-ethyl adjacent to an activating group) is 1. The summed E-state index contributed by atoms with van der Waals surface area (Å²) >= 11 is 0. The maximum absolute atomic E-state index is 12.8. The quantitative estimate of drug-likeness (QED) is 0.740. The topological polar surface area (TPSA) is 32.8 Å². The van der Waals surface area contributed by atoms with Crippen LogP contribution in [0.4, 0.5) is 0 Å². The number of hydrogen-bond acceptors (Lipinski definition) is 4. The van der Waals surface area contributed by atoms with Crippen molar-refractivity contribution in [2.75, 3.05) is 40.4 Å². The van der Waals surface area contributed by atoms with E-state index in [4.69, 9.17) is 4.74 Å². The number of benzene rings is 1. The summed E-state index contributed by atoms with van der Waals surface area (Å²) in [7, 11) is 4.27. The van der Waals surface area contributed by atoms with Crippen LogP contribution in [-0.2, 0) is 16.0 Å². The van der Waals surface area contributed by atoms with Crippen molar-refractivity contribution < 1.29 is 9.53 Å². The predicted octanol–water partition coefficient (Wildman–Crippen LogP) is 3.10. The highest BCUT2D eigenvalue weighted by Crippen LogP contribution is 2.43. The summed E-state index contributed by atoms with van der Waals surface area (Å²) < 4.78 is 5.63. The molecule has 0 aromatic heterocycles. The lowest BCUT2D eigenvalue weighted by molar-refractivity contribution is -0.125. The molecule has 0 saturated carbocycles. The van der Waals surface area contributed by atoms with E-state index in [0.29, 0.717) is 31.8 Å². The summed E-state index contributed by atoms with van der Waals surface area (Å²) in [6.45, 7) is 5.09. The zero-order valence-corrected chi connectivity index (χ0v) is 16.9. The summed E-state index contributed by atoms with van der Waals surface area (Å²) in [5, 5.41) is 0. The minimum Gasteiger partial charge on any atom is -0.379 e. The Morgan fingerprint density at radius 3 is 2.41 bits per heavy atom. The van der Waals surface area contributed by atoms with Gasteiger partial charge in [-0.25, -0.2) is 0 Å². The van der Waals surface area contributed by atoms with Crippen LogP contribution in [0.25, 0.3) is 0 Å². The fourth-order valence-electron chi connectivity index (χ4n) is 4.62. The van der Waals surface area contributed by atoms with E-state index in [9.17, 15) is 4.79 Å². The lowest BCUT2D eigenvalue weighted by Crippen LogP contribution is -2.71. The molecule has 0 bridgehead atoms. The van der Waals surface area contributed by atoms with Gasteiger partial charge in [0.25, 0.3) is 0 Å². The summed E-state index contributed by atoms with van der Waals surface area (Å²) in [5.74, 6) is 0.306. The molecule has 1 fully saturated rings. The smallest absolute Gasteiger partial charge is 0.134 e. The maximum Gasteiger partial charge on any atom is 0.134 e. The normalized spacial score (nSPS) is 28.6. The van der Waals surface area contributed by atoms with Gasteiger partial charge in [-0.3, -0.25) is 14.6 Å². The second-order valence-corrected chi connectivity index (χ2v) is 7.79. The van der Waals surface area contributed by atoms with Crippen LogP contribution in [0.5, 0.6) is 0 Å². The molecule has 1 saturated heterocycles. The van der Waals surface area contributed by atoms with Crippen LogP contribution >= 0.6 is 0 Å². The van der Waals surface area contributed by atoms with Crippen molar-refractivity contribution >= 4 is 5.78 Å². The van der Waals surface area contributed by atoms with Crippen molar-refractivity contribution in [3.05, 3.63) is 60.2 Å². The van der Waals surface area contributed by atoms with E-state index >= 15 is 0 Å². The van der Waals surface area contributed by atoms with Gasteiger partial charge in [0.15, 0.2) is 0 Å². The summed E-state index contributed by atoms with van der Waals surface area (Å²) in [6.07, 6.45) is 10.8. The van der Waals surface area contributed by atoms with E-state index in [-0.39, 0.29) is 11.1 Å². The Bertz CT molecular complexity index is 692. The summed E-state index contributed by atoms with van der Waals surface area (Å²) in [6, 6.07) is 10.6. The number of rotatable bonds is 7. The van der Waals surface area contributed by atoms with Gasteiger partial charge in [-0.2, -0.15) is 0 Å². The van der Waals surface area contributed by atoms with Gasteiger partial charge in [0.2, 0.25) is 0 Å². The number of ether oxygens (including phenoxy) is 1. The van der Waals surface area contributed by atoms with E-state index in [0.717, 1.165) is 19.5 Å². The maximum atomic E-state index is 12.8. The third kappa shape index (κ3) is 3.79. The van der Waals surface area contributed by atoms with Gasteiger partial charge in [0.1, 0.15) is 5.78 Å². The Hall–Kier alpha value is -1.75. The van der Waals surface area contributed by atoms with Gasteiger partial charge in [-0.05, 0) is 26.1 Å². The number of carbonyl (C=O) groups is 1. The molecular weight excluding hydrogens is 336 g/mol. The van der Waals surface area contributed by atoms with Crippen LogP contribution in [0.2, 0.25) is 0 Å². The molecule has 3 rings (SSSR count). The Morgan fingerprint density at radius 1 is 1.11 bits per heavy atom. The Labute approximate surface area is 163 Å². The lowest BCUT2D eigenvalue weighted by Gasteiger charge is -2.58. The number of nitrogens with zero attached hydrogens (tertiary/aromatic N) is 2. The Balaban J connectivity index is 2.11. The Kier molecular flexibility index (Phi) is 6.30. The average molecular weight is 369 g/mol. The first kappa shape index (κ1) is 20.0. The molecule has 0 N–H and O–H groups in total. The summed E-state index contributed by atoms with van der Waals surface area (Å²) in [5.41, 5.74) is 0.608. The molecule has 0 amide bonds. The van der Waals surface area contributed by atoms with Crippen LogP contribution < -0.4 is 0 Å². The van der Waals surface area contributed by atoms with Gasteiger partial charge in [0, 0.05) is 25.9 Å². The van der Waals surface area contributed by atoms with Crippen molar-refractivity contribution in [1.29, 1.82) is 0 Å². The number of Topliss-reactive ketones (excluding diaryl/α,β-unsaturated/α-hetero) is 1. The monoisotopic (exact) mass is 368 g/mol. The third-order valence-electron chi connectivity index (χ3n) is 6.16. The zero-order chi connectivity index (χ0) is 19.3. The summed E-state index contributed by atoms with van der Waals surface area (Å²) in [4.78, 5) is 17.5. The van der Waals surface area contributed by atoms with Crippen LogP contribution in [0.15, 0.2) is 54.6 Å². The van der Waals surface area contributed by atoms with Crippen LogP contribution in [0.3, 0.4) is 0 Å². The second kappa shape index (κ2) is 8.51. The van der Waals surface area contributed by atoms with Crippen molar-refractivity contribution in [3.8, 4) is 0 Å². The largest absolute Gasteiger partial charge is 0.379 e. The van der Waals surface area contributed by atoms with Crippen molar-refractivity contribution in [3.63, 3.8) is 0 Å². The first-order valence-electron chi connectivity index (χ1n) is 9.97. The van der Waals surface area contributed by atoms with Gasteiger partial charge in [-0.15, -0.1) is 0 Å². The molecule has 1 aliphatic heterocycles. The van der Waals surface area contributed by atoms with E-state index < -0.39 is 0 Å². The minimum absolute atomic E-state index is 0.300. The second-order valence-electron chi connectivity index (χ2n) is 7.79. The van der Waals surface area contributed by atoms with Crippen LogP contribution in [-0.4, -0.2) is 67.1 Å². The molecule has 4 heteroatoms. The molecular formula is C23H32N2O2. The van der Waals surface area contributed by atoms with E-state index in [1.54, 1.807) is 0 Å². The van der Waals surface area contributed by atoms with E-state index in [1.807, 2.05) is 6.92 Å². The number of hydrogen-bond donors (Lipinski definition) is 0. The highest BCUT2D eigenvalue weighted by molar-refractivity contribution is 5.80. The van der Waals surface area contributed by atoms with E-state index in [2.05, 4.69) is 78.5 Å². The SMILES string of the molecule is CCC(=O)CC1(N2CCOCC2)C=CC=CC1(Cc1ccccc1)N(C)C. The molecule has 0 radical (unpaired) electrons. The lowest BCUT2D eigenvalue weighted by atomic mass is 9.65. The third-order valence-corrected chi connectivity index (χ3v) is 6.16. The predicted molar refractivity (Wildman–Crippen MR) is 110 cm³/mol. The van der Waals surface area contributed by atoms with Crippen molar-refractivity contribution in [2.24, 2.45) is 0 Å². The highest BCUT2D eigenvalue weighted by Gasteiger charge is 2.55. The standard InChI is InChI=1S/C23H32N2O2/c1-4-21(26)19-23(25-14-16-27-17-15-25)13-9-8-12-22(23,24(2)3)18-20-10-6-5-7-11-20/h5-13H,4,14-19H2,1-3H3. The molecule has 27 heavy (non-hydrogen) atoms. The van der Waals surface area contributed by atoms with Gasteiger partial charge in [-0.1, -0.05) is 61.6 Å². The number of morpholine rings is 1. The number of ketones is 1. The molecule has 4 nitrogen and oxygen atoms in total. The molecule has 2 aliphatic rings.